The highest BCUT2D eigenvalue weighted by Crippen LogP contribution is 2.46. The van der Waals surface area contributed by atoms with Crippen LogP contribution < -0.4 is 15.4 Å². The molecular formula is C27H26F6N4O6. The van der Waals surface area contributed by atoms with Crippen molar-refractivity contribution in [3.8, 4) is 5.88 Å². The normalized spacial score (nSPS) is 18.7. The molecule has 1 aromatic carbocycles. The molecule has 0 saturated heterocycles. The van der Waals surface area contributed by atoms with E-state index in [0.717, 1.165) is 0 Å². The summed E-state index contributed by atoms with van der Waals surface area (Å²) in [6, 6.07) is 3.87. The number of hydrogen-bond acceptors (Lipinski definition) is 8. The summed E-state index contributed by atoms with van der Waals surface area (Å²) >= 11 is 0. The number of aromatic nitrogens is 2. The Kier molecular flexibility index (Phi) is 8.37. The molecule has 16 heteroatoms. The predicted octanol–water partition coefficient (Wildman–Crippen LogP) is 5.97. The fraction of sp³-hybridized carbons (Fsp3) is 0.407. The van der Waals surface area contributed by atoms with Gasteiger partial charge in [-0.05, 0) is 43.2 Å². The van der Waals surface area contributed by atoms with E-state index < -0.39 is 70.6 Å². The van der Waals surface area contributed by atoms with Crippen molar-refractivity contribution in [1.82, 2.24) is 9.97 Å². The summed E-state index contributed by atoms with van der Waals surface area (Å²) in [7, 11) is 1.34. The summed E-state index contributed by atoms with van der Waals surface area (Å²) in [4.78, 5) is 34.7. The number of aromatic carboxylic acids is 1. The minimum atomic E-state index is -5.11. The fourth-order valence-electron chi connectivity index (χ4n) is 4.88. The zero-order valence-corrected chi connectivity index (χ0v) is 23.0. The molecule has 1 amide bonds. The van der Waals surface area contributed by atoms with Gasteiger partial charge >= 0.3 is 24.4 Å². The van der Waals surface area contributed by atoms with Gasteiger partial charge in [0.25, 0.3) is 0 Å². The van der Waals surface area contributed by atoms with Crippen molar-refractivity contribution in [3.05, 3.63) is 70.1 Å². The highest BCUT2D eigenvalue weighted by molar-refractivity contribution is 5.91. The molecule has 0 radical (unpaired) electrons. The molecule has 10 nitrogen and oxygen atoms in total. The summed E-state index contributed by atoms with van der Waals surface area (Å²) in [5.74, 6) is -3.29. The molecule has 3 aromatic rings. The van der Waals surface area contributed by atoms with E-state index in [9.17, 15) is 41.0 Å². The number of carbonyl (C=O) groups excluding carboxylic acids is 1. The number of nitrogens with two attached hydrogens (primary N) is 1. The third-order valence-electron chi connectivity index (χ3n) is 6.95. The number of methoxy groups -OCH3 is 1. The van der Waals surface area contributed by atoms with Crippen LogP contribution in [0.15, 0.2) is 34.7 Å². The van der Waals surface area contributed by atoms with E-state index in [-0.39, 0.29) is 48.7 Å². The maximum absolute atomic E-state index is 13.4. The SMILES string of the molecule is CCOC(=O)N1c2ccc(OC)nc2[C@@H](c2nc(C(=O)O)c(Cc3cc(C(F)(F)F)cc(C(F)(F)F)c3)o2)C[C@@]1(N)CC. The van der Waals surface area contributed by atoms with E-state index in [4.69, 9.17) is 19.6 Å². The first-order chi connectivity index (χ1) is 20.0. The Balaban J connectivity index is 1.86. The number of nitrogens with zero attached hydrogens (tertiary/aromatic N) is 3. The van der Waals surface area contributed by atoms with Crippen LogP contribution in [0, 0.1) is 0 Å². The first kappa shape index (κ1) is 31.6. The molecule has 0 saturated carbocycles. The number of benzene rings is 1. The molecule has 0 unspecified atom stereocenters. The van der Waals surface area contributed by atoms with Crippen LogP contribution in [-0.2, 0) is 23.5 Å². The number of pyridine rings is 1. The molecule has 4 rings (SSSR count). The van der Waals surface area contributed by atoms with Crippen molar-refractivity contribution >= 4 is 17.7 Å². The van der Waals surface area contributed by atoms with Crippen LogP contribution in [0.3, 0.4) is 0 Å². The maximum Gasteiger partial charge on any atom is 0.416 e. The number of amides is 1. The van der Waals surface area contributed by atoms with E-state index in [1.54, 1.807) is 13.8 Å². The van der Waals surface area contributed by atoms with Gasteiger partial charge in [0.05, 0.1) is 42.1 Å². The highest BCUT2D eigenvalue weighted by atomic mass is 19.4. The Bertz CT molecular complexity index is 1510. The second-order valence-corrected chi connectivity index (χ2v) is 9.73. The summed E-state index contributed by atoms with van der Waals surface area (Å²) in [6.07, 6.45) is -11.7. The smallest absolute Gasteiger partial charge is 0.416 e. The lowest BCUT2D eigenvalue weighted by Gasteiger charge is -2.45. The van der Waals surface area contributed by atoms with Gasteiger partial charge in [-0.25, -0.2) is 19.6 Å². The van der Waals surface area contributed by atoms with Crippen molar-refractivity contribution in [2.75, 3.05) is 18.6 Å². The molecule has 1 aliphatic heterocycles. The van der Waals surface area contributed by atoms with Crippen molar-refractivity contribution in [2.45, 2.75) is 57.0 Å². The van der Waals surface area contributed by atoms with Crippen LogP contribution in [0.4, 0.5) is 36.8 Å². The van der Waals surface area contributed by atoms with E-state index in [1.807, 2.05) is 0 Å². The molecule has 3 heterocycles. The maximum atomic E-state index is 13.4. The Labute approximate surface area is 240 Å². The topological polar surface area (TPSA) is 141 Å². The first-order valence-electron chi connectivity index (χ1n) is 12.8. The minimum absolute atomic E-state index is 0.0354. The van der Waals surface area contributed by atoms with E-state index in [1.165, 1.54) is 24.1 Å². The highest BCUT2D eigenvalue weighted by Gasteiger charge is 2.48. The monoisotopic (exact) mass is 616 g/mol. The lowest BCUT2D eigenvalue weighted by molar-refractivity contribution is -0.143. The van der Waals surface area contributed by atoms with Gasteiger partial charge < -0.3 is 24.7 Å². The van der Waals surface area contributed by atoms with E-state index in [0.29, 0.717) is 12.1 Å². The second-order valence-electron chi connectivity index (χ2n) is 9.73. The lowest BCUT2D eigenvalue weighted by atomic mass is 9.83. The van der Waals surface area contributed by atoms with Crippen LogP contribution >= 0.6 is 0 Å². The van der Waals surface area contributed by atoms with Crippen molar-refractivity contribution < 1.29 is 54.9 Å². The Morgan fingerprint density at radius 1 is 1.09 bits per heavy atom. The number of oxazole rings is 1. The molecule has 2 atom stereocenters. The molecule has 0 fully saturated rings. The van der Waals surface area contributed by atoms with Crippen LogP contribution in [-0.4, -0.2) is 46.5 Å². The molecule has 0 bridgehead atoms. The number of halogens is 6. The second kappa shape index (κ2) is 11.4. The first-order valence-corrected chi connectivity index (χ1v) is 12.8. The number of rotatable bonds is 7. The van der Waals surface area contributed by atoms with E-state index in [2.05, 4.69) is 9.97 Å². The third-order valence-corrected chi connectivity index (χ3v) is 6.95. The van der Waals surface area contributed by atoms with Gasteiger partial charge in [-0.15, -0.1) is 0 Å². The van der Waals surface area contributed by atoms with Gasteiger partial charge in [0.1, 0.15) is 11.4 Å². The predicted molar refractivity (Wildman–Crippen MR) is 137 cm³/mol. The van der Waals surface area contributed by atoms with Gasteiger partial charge in [0.15, 0.2) is 5.69 Å². The minimum Gasteiger partial charge on any atom is -0.481 e. The average Bonchev–Trinajstić information content (AvgIpc) is 3.35. The van der Waals surface area contributed by atoms with E-state index >= 15 is 0 Å². The molecule has 2 aromatic heterocycles. The number of anilines is 1. The van der Waals surface area contributed by atoms with Gasteiger partial charge in [0.2, 0.25) is 11.8 Å². The number of carboxylic acids is 1. The summed E-state index contributed by atoms with van der Waals surface area (Å²) in [5, 5.41) is 9.81. The van der Waals surface area contributed by atoms with Crippen LogP contribution in [0.25, 0.3) is 0 Å². The zero-order valence-electron chi connectivity index (χ0n) is 23.0. The number of carbonyl (C=O) groups is 2. The summed E-state index contributed by atoms with van der Waals surface area (Å²) < 4.78 is 96.6. The molecule has 43 heavy (non-hydrogen) atoms. The number of alkyl halides is 6. The standard InChI is InChI=1S/C27H26F6N4O6/c1-4-25(34)12-16(20-17(6-7-19(35-20)41-3)37(25)24(40)42-5-2)22-36-21(23(38)39)18(43-22)10-13-8-14(26(28,29)30)11-15(9-13)27(31,32)33/h6-9,11,16H,4-5,10,12,34H2,1-3H3,(H,38,39)/t16-,25+/m0/s1. The molecule has 1 aliphatic rings. The Hall–Kier alpha value is -4.34. The fourth-order valence-corrected chi connectivity index (χ4v) is 4.88. The molecule has 232 valence electrons. The van der Waals surface area contributed by atoms with Crippen LogP contribution in [0.1, 0.15) is 77.1 Å². The number of fused-ring (bicyclic) bond motifs is 1. The van der Waals surface area contributed by atoms with Crippen LogP contribution in [0.5, 0.6) is 5.88 Å². The Morgan fingerprint density at radius 2 is 1.72 bits per heavy atom. The van der Waals surface area contributed by atoms with Gasteiger partial charge in [0, 0.05) is 18.9 Å². The van der Waals surface area contributed by atoms with Crippen molar-refractivity contribution in [1.29, 1.82) is 0 Å². The van der Waals surface area contributed by atoms with Crippen molar-refractivity contribution in [3.63, 3.8) is 0 Å². The van der Waals surface area contributed by atoms with Gasteiger partial charge in [-0.1, -0.05) is 6.92 Å². The number of hydrogen-bond donors (Lipinski definition) is 2. The van der Waals surface area contributed by atoms with Gasteiger partial charge in [-0.2, -0.15) is 26.3 Å². The lowest BCUT2D eigenvalue weighted by Crippen LogP contribution is -2.61. The number of ether oxygens (including phenoxy) is 2. The largest absolute Gasteiger partial charge is 0.481 e. The molecule has 0 spiro atoms. The van der Waals surface area contributed by atoms with Crippen molar-refractivity contribution in [2.24, 2.45) is 5.73 Å². The van der Waals surface area contributed by atoms with Gasteiger partial charge in [-0.3, -0.25) is 4.90 Å². The molecule has 0 aliphatic carbocycles. The molecule has 3 N–H and O–H groups in total. The van der Waals surface area contributed by atoms with Crippen LogP contribution in [0.2, 0.25) is 0 Å². The number of carboxylic acid groups (broad SMARTS) is 1. The summed E-state index contributed by atoms with van der Waals surface area (Å²) in [5.41, 5.74) is 1.20. The quantitative estimate of drug-likeness (QED) is 0.307. The molecular weight excluding hydrogens is 590 g/mol. The average molecular weight is 617 g/mol. The summed E-state index contributed by atoms with van der Waals surface area (Å²) in [6.45, 7) is 3.33. The Morgan fingerprint density at radius 3 is 2.23 bits per heavy atom. The zero-order chi connectivity index (χ0) is 31.9. The third kappa shape index (κ3) is 6.23.